The monoisotopic (exact) mass is 408 g/mol. The first-order chi connectivity index (χ1) is 14.1. The highest BCUT2D eigenvalue weighted by molar-refractivity contribution is 7.98. The van der Waals surface area contributed by atoms with Crippen molar-refractivity contribution in [2.45, 2.75) is 24.1 Å². The predicted molar refractivity (Wildman–Crippen MR) is 116 cm³/mol. The summed E-state index contributed by atoms with van der Waals surface area (Å²) in [6, 6.07) is 10.6. The Bertz CT molecular complexity index is 1090. The minimum Gasteiger partial charge on any atom is -0.504 e. The molecule has 5 rings (SSSR count). The minimum absolute atomic E-state index is 0.188. The maximum atomic E-state index is 10.9. The van der Waals surface area contributed by atoms with Crippen LogP contribution in [-0.2, 0) is 17.0 Å². The van der Waals surface area contributed by atoms with Crippen LogP contribution in [-0.4, -0.2) is 48.4 Å². The maximum absolute atomic E-state index is 10.9. The Kier molecular flexibility index (Phi) is 4.86. The fraction of sp³-hybridized carbons (Fsp3) is 0.348. The van der Waals surface area contributed by atoms with E-state index < -0.39 is 0 Å². The molecule has 6 heteroatoms. The van der Waals surface area contributed by atoms with E-state index in [9.17, 15) is 5.11 Å². The van der Waals surface area contributed by atoms with E-state index in [1.165, 1.54) is 21.6 Å². The third kappa shape index (κ3) is 3.35. The van der Waals surface area contributed by atoms with Crippen LogP contribution in [0.3, 0.4) is 0 Å². The number of hydrogen-bond acceptors (Lipinski definition) is 6. The van der Waals surface area contributed by atoms with Crippen molar-refractivity contribution in [1.29, 1.82) is 0 Å². The molecule has 1 N–H and O–H groups in total. The van der Waals surface area contributed by atoms with Crippen molar-refractivity contribution in [3.63, 3.8) is 0 Å². The standard InChI is InChI=1S/C23H24N2O3S/c1-14-3-4-17-20(9-14)29-13-16-10-15-11-19(27-2)23(26)18(21(15)24-22(16)17)12-25-5-7-28-8-6-25/h3-4,9-11,26H,5-8,12-13H2,1-2H3. The number of pyridine rings is 1. The quantitative estimate of drug-likeness (QED) is 0.695. The molecule has 0 bridgehead atoms. The summed E-state index contributed by atoms with van der Waals surface area (Å²) in [5, 5.41) is 11.9. The fourth-order valence-corrected chi connectivity index (χ4v) is 5.25. The van der Waals surface area contributed by atoms with Crippen molar-refractivity contribution < 1.29 is 14.6 Å². The highest BCUT2D eigenvalue weighted by atomic mass is 32.2. The van der Waals surface area contributed by atoms with E-state index in [0.29, 0.717) is 12.3 Å². The van der Waals surface area contributed by atoms with Gasteiger partial charge in [-0.05, 0) is 36.2 Å². The van der Waals surface area contributed by atoms with Gasteiger partial charge in [-0.2, -0.15) is 0 Å². The second kappa shape index (κ2) is 7.52. The summed E-state index contributed by atoms with van der Waals surface area (Å²) in [5.41, 5.74) is 6.37. The molecule has 1 fully saturated rings. The first-order valence-electron chi connectivity index (χ1n) is 9.90. The molecule has 0 unspecified atom stereocenters. The lowest BCUT2D eigenvalue weighted by atomic mass is 10.00. The van der Waals surface area contributed by atoms with Gasteiger partial charge in [-0.15, -0.1) is 11.8 Å². The highest BCUT2D eigenvalue weighted by Crippen LogP contribution is 2.44. The van der Waals surface area contributed by atoms with Crippen LogP contribution in [0.5, 0.6) is 11.5 Å². The van der Waals surface area contributed by atoms with Crippen LogP contribution in [0.2, 0.25) is 0 Å². The van der Waals surface area contributed by atoms with Gasteiger partial charge in [0.1, 0.15) is 0 Å². The van der Waals surface area contributed by atoms with Gasteiger partial charge in [0, 0.05) is 46.8 Å². The number of ether oxygens (including phenoxy) is 2. The van der Waals surface area contributed by atoms with Gasteiger partial charge in [0.2, 0.25) is 0 Å². The molecule has 150 valence electrons. The number of benzene rings is 2. The summed E-state index contributed by atoms with van der Waals surface area (Å²) < 4.78 is 10.9. The normalized spacial score (nSPS) is 16.5. The number of morpholine rings is 1. The molecule has 0 spiro atoms. The van der Waals surface area contributed by atoms with E-state index in [4.69, 9.17) is 14.5 Å². The lowest BCUT2D eigenvalue weighted by molar-refractivity contribution is 0.0340. The van der Waals surface area contributed by atoms with Gasteiger partial charge in [0.25, 0.3) is 0 Å². The first-order valence-corrected chi connectivity index (χ1v) is 10.9. The number of phenolic OH excluding ortho intramolecular Hbond substituents is 1. The molecule has 0 amide bonds. The summed E-state index contributed by atoms with van der Waals surface area (Å²) in [6.45, 7) is 5.88. The van der Waals surface area contributed by atoms with Crippen LogP contribution in [0.15, 0.2) is 35.2 Å². The predicted octanol–water partition coefficient (Wildman–Crippen LogP) is 4.36. The molecule has 0 radical (unpaired) electrons. The van der Waals surface area contributed by atoms with Gasteiger partial charge in [0.15, 0.2) is 11.5 Å². The van der Waals surface area contributed by atoms with Crippen molar-refractivity contribution in [1.82, 2.24) is 9.88 Å². The number of aromatic nitrogens is 1. The molecule has 2 aromatic carbocycles. The number of nitrogens with zero attached hydrogens (tertiary/aromatic N) is 2. The van der Waals surface area contributed by atoms with Crippen molar-refractivity contribution >= 4 is 22.7 Å². The zero-order valence-corrected chi connectivity index (χ0v) is 17.5. The van der Waals surface area contributed by atoms with Gasteiger partial charge in [-0.1, -0.05) is 12.1 Å². The average Bonchev–Trinajstić information content (AvgIpc) is 2.75. The summed E-state index contributed by atoms with van der Waals surface area (Å²) in [4.78, 5) is 8.67. The molecule has 2 aliphatic rings. The summed E-state index contributed by atoms with van der Waals surface area (Å²) in [5.74, 6) is 1.59. The van der Waals surface area contributed by atoms with Gasteiger partial charge in [-0.3, -0.25) is 4.90 Å². The summed E-state index contributed by atoms with van der Waals surface area (Å²) in [6.07, 6.45) is 0. The zero-order valence-electron chi connectivity index (χ0n) is 16.7. The SMILES string of the molecule is COc1cc2cc3c(nc2c(CN2CCOCC2)c1O)-c1ccc(C)cc1SC3. The van der Waals surface area contributed by atoms with Crippen LogP contribution >= 0.6 is 11.8 Å². The Balaban J connectivity index is 1.69. The molecular formula is C23H24N2O3S. The number of aryl methyl sites for hydroxylation is 1. The number of hydrogen-bond donors (Lipinski definition) is 1. The number of fused-ring (bicyclic) bond motifs is 4. The van der Waals surface area contributed by atoms with E-state index in [1.54, 1.807) is 7.11 Å². The second-order valence-corrected chi connectivity index (χ2v) is 8.67. The lowest BCUT2D eigenvalue weighted by Gasteiger charge is -2.28. The van der Waals surface area contributed by atoms with Crippen molar-refractivity contribution in [2.75, 3.05) is 33.4 Å². The number of thioether (sulfide) groups is 1. The Morgan fingerprint density at radius 3 is 2.83 bits per heavy atom. The van der Waals surface area contributed by atoms with E-state index in [2.05, 4.69) is 36.1 Å². The topological polar surface area (TPSA) is 54.8 Å². The summed E-state index contributed by atoms with van der Waals surface area (Å²) >= 11 is 1.86. The van der Waals surface area contributed by atoms with Gasteiger partial charge in [0.05, 0.1) is 31.5 Å². The highest BCUT2D eigenvalue weighted by Gasteiger charge is 2.23. The molecule has 5 nitrogen and oxygen atoms in total. The van der Waals surface area contributed by atoms with Crippen molar-refractivity contribution in [3.05, 3.63) is 47.0 Å². The molecule has 0 saturated carbocycles. The molecule has 3 aromatic rings. The molecule has 0 aliphatic carbocycles. The van der Waals surface area contributed by atoms with Crippen molar-refractivity contribution in [3.8, 4) is 22.8 Å². The Hall–Kier alpha value is -2.28. The molecule has 1 saturated heterocycles. The van der Waals surface area contributed by atoms with E-state index in [1.807, 2.05) is 17.8 Å². The molecule has 2 aliphatic heterocycles. The van der Waals surface area contributed by atoms with Crippen LogP contribution in [0.1, 0.15) is 16.7 Å². The molecule has 0 atom stereocenters. The van der Waals surface area contributed by atoms with Gasteiger partial charge < -0.3 is 14.6 Å². The second-order valence-electron chi connectivity index (χ2n) is 7.65. The first kappa shape index (κ1) is 18.7. The average molecular weight is 409 g/mol. The molecule has 29 heavy (non-hydrogen) atoms. The smallest absolute Gasteiger partial charge is 0.164 e. The van der Waals surface area contributed by atoms with Crippen LogP contribution in [0.4, 0.5) is 0 Å². The van der Waals surface area contributed by atoms with E-state index in [0.717, 1.165) is 54.2 Å². The molecular weight excluding hydrogens is 384 g/mol. The van der Waals surface area contributed by atoms with Crippen molar-refractivity contribution in [2.24, 2.45) is 0 Å². The zero-order chi connectivity index (χ0) is 20.0. The number of phenols is 1. The van der Waals surface area contributed by atoms with E-state index in [-0.39, 0.29) is 5.75 Å². The van der Waals surface area contributed by atoms with E-state index >= 15 is 0 Å². The Labute approximate surface area is 174 Å². The Morgan fingerprint density at radius 1 is 1.21 bits per heavy atom. The molecule has 1 aromatic heterocycles. The minimum atomic E-state index is 0.188. The third-order valence-corrected chi connectivity index (χ3v) is 6.81. The molecule has 3 heterocycles. The van der Waals surface area contributed by atoms with Gasteiger partial charge in [-0.25, -0.2) is 4.98 Å². The summed E-state index contributed by atoms with van der Waals surface area (Å²) in [7, 11) is 1.60. The maximum Gasteiger partial charge on any atom is 0.164 e. The Morgan fingerprint density at radius 2 is 2.03 bits per heavy atom. The third-order valence-electron chi connectivity index (χ3n) is 5.70. The van der Waals surface area contributed by atoms with Gasteiger partial charge >= 0.3 is 0 Å². The number of methoxy groups -OCH3 is 1. The van der Waals surface area contributed by atoms with Crippen LogP contribution in [0.25, 0.3) is 22.2 Å². The van der Waals surface area contributed by atoms with Crippen LogP contribution in [0, 0.1) is 6.92 Å². The van der Waals surface area contributed by atoms with Crippen LogP contribution < -0.4 is 4.74 Å². The number of aromatic hydroxyl groups is 1. The lowest BCUT2D eigenvalue weighted by Crippen LogP contribution is -2.35. The number of rotatable bonds is 3. The largest absolute Gasteiger partial charge is 0.504 e. The fourth-order valence-electron chi connectivity index (χ4n) is 4.13.